The first-order chi connectivity index (χ1) is 7.30. The number of halogens is 5. The van der Waals surface area contributed by atoms with Crippen LogP contribution in [0.15, 0.2) is 24.3 Å². The van der Waals surface area contributed by atoms with Crippen LogP contribution in [0, 0.1) is 5.82 Å². The Morgan fingerprint density at radius 3 is 2.12 bits per heavy atom. The minimum atomic E-state index is -5.25. The second kappa shape index (κ2) is 4.46. The van der Waals surface area contributed by atoms with Crippen molar-refractivity contribution in [3.8, 4) is 0 Å². The van der Waals surface area contributed by atoms with Crippen molar-refractivity contribution in [1.82, 2.24) is 0 Å². The first kappa shape index (κ1) is 12.4. The number of hydrogen-bond donors (Lipinski definition) is 1. The summed E-state index contributed by atoms with van der Waals surface area (Å²) in [5.41, 5.74) is -0.113. The van der Waals surface area contributed by atoms with Crippen LogP contribution in [0.4, 0.5) is 27.6 Å². The van der Waals surface area contributed by atoms with E-state index in [9.17, 15) is 26.7 Å². The molecule has 0 heterocycles. The maximum atomic E-state index is 12.5. The van der Waals surface area contributed by atoms with E-state index < -0.39 is 24.1 Å². The fourth-order valence-electron chi connectivity index (χ4n) is 0.887. The van der Waals surface area contributed by atoms with Gasteiger partial charge < -0.3 is 5.32 Å². The van der Waals surface area contributed by atoms with Gasteiger partial charge in [0.2, 0.25) is 0 Å². The van der Waals surface area contributed by atoms with Crippen LogP contribution >= 0.6 is 0 Å². The van der Waals surface area contributed by atoms with Crippen molar-refractivity contribution in [2.24, 2.45) is 0 Å². The molecular formula is C9H6F5NO. The van der Waals surface area contributed by atoms with Crippen molar-refractivity contribution in [2.45, 2.75) is 12.3 Å². The molecule has 0 aliphatic heterocycles. The highest BCUT2D eigenvalue weighted by Crippen LogP contribution is 2.24. The summed E-state index contributed by atoms with van der Waals surface area (Å²) in [6.45, 7) is 0. The Kier molecular flexibility index (Phi) is 3.46. The Bertz CT molecular complexity index is 372. The average Bonchev–Trinajstić information content (AvgIpc) is 2.19. The molecule has 0 bridgehead atoms. The van der Waals surface area contributed by atoms with E-state index in [1.165, 1.54) is 0 Å². The molecule has 0 spiro atoms. The van der Waals surface area contributed by atoms with Gasteiger partial charge in [-0.15, -0.1) is 0 Å². The molecule has 1 aromatic carbocycles. The molecule has 0 saturated heterocycles. The van der Waals surface area contributed by atoms with E-state index in [1.54, 1.807) is 5.32 Å². The van der Waals surface area contributed by atoms with Gasteiger partial charge in [0.25, 0.3) is 12.1 Å². The van der Waals surface area contributed by atoms with Gasteiger partial charge in [-0.05, 0) is 24.3 Å². The summed E-state index contributed by atoms with van der Waals surface area (Å²) >= 11 is 0. The number of anilines is 1. The molecule has 0 unspecified atom stereocenters. The van der Waals surface area contributed by atoms with Gasteiger partial charge in [0.15, 0.2) is 0 Å². The number of carbonyl (C=O) groups excluding carboxylic acids is 1. The molecule has 1 amide bonds. The van der Waals surface area contributed by atoms with Crippen molar-refractivity contribution in [1.29, 1.82) is 0 Å². The zero-order chi connectivity index (χ0) is 12.3. The van der Waals surface area contributed by atoms with E-state index in [0.717, 1.165) is 24.3 Å². The summed E-state index contributed by atoms with van der Waals surface area (Å²) in [6, 6.07) is 3.90. The summed E-state index contributed by atoms with van der Waals surface area (Å²) < 4.78 is 60.2. The molecule has 1 rings (SSSR count). The topological polar surface area (TPSA) is 29.1 Å². The molecule has 2 nitrogen and oxygen atoms in total. The first-order valence-electron chi connectivity index (χ1n) is 4.08. The molecule has 88 valence electrons. The average molecular weight is 239 g/mol. The van der Waals surface area contributed by atoms with Crippen molar-refractivity contribution < 1.29 is 26.7 Å². The summed E-state index contributed by atoms with van der Waals surface area (Å²) in [7, 11) is 0. The molecule has 0 aliphatic rings. The number of benzene rings is 1. The lowest BCUT2D eigenvalue weighted by Gasteiger charge is -2.12. The zero-order valence-electron chi connectivity index (χ0n) is 7.68. The van der Waals surface area contributed by atoms with Crippen LogP contribution in [-0.4, -0.2) is 18.3 Å². The molecule has 16 heavy (non-hydrogen) atoms. The van der Waals surface area contributed by atoms with Crippen LogP contribution in [0.25, 0.3) is 0 Å². The van der Waals surface area contributed by atoms with Crippen molar-refractivity contribution >= 4 is 11.6 Å². The van der Waals surface area contributed by atoms with Gasteiger partial charge in [-0.1, -0.05) is 0 Å². The largest absolute Gasteiger partial charge is 0.428 e. The molecule has 1 atom stereocenters. The maximum absolute atomic E-state index is 12.5. The molecule has 0 aromatic heterocycles. The van der Waals surface area contributed by atoms with Crippen molar-refractivity contribution in [3.05, 3.63) is 30.1 Å². The monoisotopic (exact) mass is 239 g/mol. The fraction of sp³-hybridized carbons (Fsp3) is 0.222. The van der Waals surface area contributed by atoms with Crippen LogP contribution < -0.4 is 5.32 Å². The number of alkyl halides is 4. The molecule has 1 aromatic rings. The Morgan fingerprint density at radius 1 is 1.19 bits per heavy atom. The van der Waals surface area contributed by atoms with Gasteiger partial charge in [-0.2, -0.15) is 13.2 Å². The SMILES string of the molecule is O=C(Nc1ccc(F)cc1)[C@@H](F)C(F)(F)F. The lowest BCUT2D eigenvalue weighted by Crippen LogP contribution is -2.36. The van der Waals surface area contributed by atoms with Gasteiger partial charge in [0, 0.05) is 5.69 Å². The van der Waals surface area contributed by atoms with E-state index in [4.69, 9.17) is 0 Å². The number of rotatable bonds is 2. The van der Waals surface area contributed by atoms with Crippen LogP contribution in [-0.2, 0) is 4.79 Å². The second-order valence-corrected chi connectivity index (χ2v) is 2.90. The molecule has 1 N–H and O–H groups in total. The van der Waals surface area contributed by atoms with Crippen molar-refractivity contribution in [3.63, 3.8) is 0 Å². The minimum Gasteiger partial charge on any atom is -0.323 e. The lowest BCUT2D eigenvalue weighted by atomic mass is 10.3. The van der Waals surface area contributed by atoms with E-state index in [-0.39, 0.29) is 5.69 Å². The highest BCUT2D eigenvalue weighted by molar-refractivity contribution is 5.94. The highest BCUT2D eigenvalue weighted by atomic mass is 19.4. The Balaban J connectivity index is 2.68. The summed E-state index contributed by atoms with van der Waals surface area (Å²) in [6.07, 6.45) is -8.85. The molecule has 0 fully saturated rings. The van der Waals surface area contributed by atoms with Gasteiger partial charge in [-0.25, -0.2) is 8.78 Å². The molecule has 0 aliphatic carbocycles. The third kappa shape index (κ3) is 3.18. The minimum absolute atomic E-state index is 0.113. The normalized spacial score (nSPS) is 13.3. The van der Waals surface area contributed by atoms with E-state index in [0.29, 0.717) is 0 Å². The predicted molar refractivity (Wildman–Crippen MR) is 46.0 cm³/mol. The number of nitrogens with one attached hydrogen (secondary N) is 1. The predicted octanol–water partition coefficient (Wildman–Crippen LogP) is 2.66. The van der Waals surface area contributed by atoms with Gasteiger partial charge >= 0.3 is 6.18 Å². The Morgan fingerprint density at radius 2 is 1.69 bits per heavy atom. The Hall–Kier alpha value is -1.66. The van der Waals surface area contributed by atoms with E-state index >= 15 is 0 Å². The third-order valence-corrected chi connectivity index (χ3v) is 1.63. The summed E-state index contributed by atoms with van der Waals surface area (Å²) in [5, 5.41) is 1.67. The first-order valence-corrected chi connectivity index (χ1v) is 4.08. The smallest absolute Gasteiger partial charge is 0.323 e. The van der Waals surface area contributed by atoms with Crippen LogP contribution in [0.5, 0.6) is 0 Å². The number of amides is 1. The van der Waals surface area contributed by atoms with Gasteiger partial charge in [-0.3, -0.25) is 4.79 Å². The zero-order valence-corrected chi connectivity index (χ0v) is 7.68. The van der Waals surface area contributed by atoms with E-state index in [1.807, 2.05) is 0 Å². The summed E-state index contributed by atoms with van der Waals surface area (Å²) in [5.74, 6) is -2.45. The number of carbonyl (C=O) groups is 1. The third-order valence-electron chi connectivity index (χ3n) is 1.63. The lowest BCUT2D eigenvalue weighted by molar-refractivity contribution is -0.183. The molecule has 7 heteroatoms. The highest BCUT2D eigenvalue weighted by Gasteiger charge is 2.45. The van der Waals surface area contributed by atoms with Crippen LogP contribution in [0.2, 0.25) is 0 Å². The Labute approximate surface area is 87.1 Å². The molecule has 0 radical (unpaired) electrons. The van der Waals surface area contributed by atoms with Crippen molar-refractivity contribution in [2.75, 3.05) is 5.32 Å². The maximum Gasteiger partial charge on any atom is 0.428 e. The molecular weight excluding hydrogens is 233 g/mol. The second-order valence-electron chi connectivity index (χ2n) is 2.90. The van der Waals surface area contributed by atoms with E-state index in [2.05, 4.69) is 0 Å². The van der Waals surface area contributed by atoms with Crippen LogP contribution in [0.3, 0.4) is 0 Å². The molecule has 0 saturated carbocycles. The van der Waals surface area contributed by atoms with Crippen LogP contribution in [0.1, 0.15) is 0 Å². The van der Waals surface area contributed by atoms with Gasteiger partial charge in [0.05, 0.1) is 0 Å². The standard InChI is InChI=1S/C9H6F5NO/c10-5-1-3-6(4-2-5)15-8(16)7(11)9(12,13)14/h1-4,7H,(H,15,16)/t7-/m1/s1. The fourth-order valence-corrected chi connectivity index (χ4v) is 0.887. The van der Waals surface area contributed by atoms with Gasteiger partial charge in [0.1, 0.15) is 5.82 Å². The quantitative estimate of drug-likeness (QED) is 0.790. The summed E-state index contributed by atoms with van der Waals surface area (Å²) in [4.78, 5) is 10.7. The number of hydrogen-bond acceptors (Lipinski definition) is 1.